The summed E-state index contributed by atoms with van der Waals surface area (Å²) in [5.41, 5.74) is -5.38. The molecule has 0 aliphatic carbocycles. The van der Waals surface area contributed by atoms with Crippen molar-refractivity contribution in [1.82, 2.24) is 0 Å². The highest BCUT2D eigenvalue weighted by atomic mass is 32.2. The molecule has 120 valence electrons. The minimum atomic E-state index is -5.78. The van der Waals surface area contributed by atoms with Crippen LogP contribution < -0.4 is 9.29 Å². The highest BCUT2D eigenvalue weighted by Crippen LogP contribution is 2.31. The lowest BCUT2D eigenvalue weighted by Gasteiger charge is -2.08. The van der Waals surface area contributed by atoms with E-state index in [4.69, 9.17) is 4.42 Å². The Kier molecular flexibility index (Phi) is 3.81. The van der Waals surface area contributed by atoms with Crippen LogP contribution in [0.4, 0.5) is 13.2 Å². The number of rotatable bonds is 4. The molecular weight excluding hydrogens is 329 g/mol. The van der Waals surface area contributed by atoms with Gasteiger partial charge in [-0.15, -0.1) is 0 Å². The first kappa shape index (κ1) is 16.1. The minimum Gasteiger partial charge on any atom is -0.549 e. The predicted molar refractivity (Wildman–Crippen MR) is 65.2 cm³/mol. The molecule has 22 heavy (non-hydrogen) atoms. The molecule has 0 amide bonds. The van der Waals surface area contributed by atoms with Crippen LogP contribution in [-0.2, 0) is 14.9 Å². The van der Waals surface area contributed by atoms with E-state index >= 15 is 0 Å². The Morgan fingerprint density at radius 2 is 1.95 bits per heavy atom. The molecule has 0 aliphatic heterocycles. The summed E-state index contributed by atoms with van der Waals surface area (Å²) < 4.78 is 67.7. The first-order chi connectivity index (χ1) is 10.0. The number of fused-ring (bicyclic) bond motifs is 1. The molecule has 1 atom stereocenters. The summed E-state index contributed by atoms with van der Waals surface area (Å²) in [6.07, 6.45) is 0. The van der Waals surface area contributed by atoms with E-state index in [0.29, 0.717) is 0 Å². The van der Waals surface area contributed by atoms with Crippen LogP contribution in [-0.4, -0.2) is 19.9 Å². The number of carbonyl (C=O) groups excluding carboxylic acids is 1. The first-order valence-electron chi connectivity index (χ1n) is 5.76. The van der Waals surface area contributed by atoms with Crippen LogP contribution in [0.2, 0.25) is 0 Å². The van der Waals surface area contributed by atoms with Crippen LogP contribution in [0.1, 0.15) is 18.6 Å². The number of alkyl halides is 3. The highest BCUT2D eigenvalue weighted by Gasteiger charge is 2.48. The lowest BCUT2D eigenvalue weighted by Crippen LogP contribution is -2.28. The molecule has 0 radical (unpaired) electrons. The van der Waals surface area contributed by atoms with Gasteiger partial charge in [-0.05, 0) is 24.3 Å². The fraction of sp³-hybridized carbons (Fsp3) is 0.250. The molecule has 0 saturated carbocycles. The monoisotopic (exact) mass is 337 g/mol. The van der Waals surface area contributed by atoms with Crippen molar-refractivity contribution in [2.24, 2.45) is 0 Å². The van der Waals surface area contributed by atoms with E-state index in [-0.39, 0.29) is 16.7 Å². The lowest BCUT2D eigenvalue weighted by molar-refractivity contribution is -0.307. The molecule has 0 saturated heterocycles. The quantitative estimate of drug-likeness (QED) is 0.620. The van der Waals surface area contributed by atoms with E-state index < -0.39 is 33.3 Å². The summed E-state index contributed by atoms with van der Waals surface area (Å²) in [4.78, 5) is 10.7. The summed E-state index contributed by atoms with van der Waals surface area (Å²) >= 11 is 0. The van der Waals surface area contributed by atoms with Crippen LogP contribution in [0.15, 0.2) is 28.7 Å². The van der Waals surface area contributed by atoms with E-state index in [1.165, 1.54) is 19.1 Å². The Labute approximate surface area is 122 Å². The average molecular weight is 337 g/mol. The maximum absolute atomic E-state index is 12.2. The smallest absolute Gasteiger partial charge is 0.534 e. The Morgan fingerprint density at radius 3 is 2.50 bits per heavy atom. The molecule has 1 aromatic heterocycles. The Hall–Kier alpha value is -2.23. The number of hydrogen-bond donors (Lipinski definition) is 0. The zero-order valence-corrected chi connectivity index (χ0v) is 11.7. The molecule has 1 heterocycles. The van der Waals surface area contributed by atoms with Crippen molar-refractivity contribution in [3.05, 3.63) is 30.0 Å². The first-order valence-corrected chi connectivity index (χ1v) is 7.17. The third-order valence-corrected chi connectivity index (χ3v) is 3.76. The normalized spacial score (nSPS) is 14.0. The maximum atomic E-state index is 12.2. The summed E-state index contributed by atoms with van der Waals surface area (Å²) in [6, 6.07) is 4.38. The van der Waals surface area contributed by atoms with Gasteiger partial charge in [-0.2, -0.15) is 21.6 Å². The van der Waals surface area contributed by atoms with Gasteiger partial charge in [0.25, 0.3) is 0 Å². The van der Waals surface area contributed by atoms with Crippen molar-refractivity contribution in [2.45, 2.75) is 18.3 Å². The van der Waals surface area contributed by atoms with Gasteiger partial charge in [0, 0.05) is 5.39 Å². The molecule has 0 bridgehead atoms. The van der Waals surface area contributed by atoms with Gasteiger partial charge in [-0.3, -0.25) is 0 Å². The largest absolute Gasteiger partial charge is 0.549 e. The van der Waals surface area contributed by atoms with Crippen LogP contribution in [0, 0.1) is 0 Å². The van der Waals surface area contributed by atoms with Crippen LogP contribution >= 0.6 is 0 Å². The molecule has 10 heteroatoms. The van der Waals surface area contributed by atoms with Gasteiger partial charge in [0.2, 0.25) is 0 Å². The third kappa shape index (κ3) is 3.01. The number of benzene rings is 1. The van der Waals surface area contributed by atoms with Crippen molar-refractivity contribution >= 4 is 27.1 Å². The lowest BCUT2D eigenvalue weighted by atomic mass is 10.1. The molecule has 0 aliphatic rings. The molecule has 1 aromatic carbocycles. The van der Waals surface area contributed by atoms with E-state index in [1.54, 1.807) is 0 Å². The van der Waals surface area contributed by atoms with Gasteiger partial charge in [-0.1, -0.05) is 6.92 Å². The summed E-state index contributed by atoms with van der Waals surface area (Å²) in [5, 5.41) is 10.9. The van der Waals surface area contributed by atoms with Crippen molar-refractivity contribution in [1.29, 1.82) is 0 Å². The molecule has 2 aromatic rings. The summed E-state index contributed by atoms with van der Waals surface area (Å²) in [6.45, 7) is 1.30. The summed E-state index contributed by atoms with van der Waals surface area (Å²) in [5.74, 6) is -3.02. The number of carbonyl (C=O) groups is 1. The molecule has 0 spiro atoms. The van der Waals surface area contributed by atoms with E-state index in [0.717, 1.165) is 12.1 Å². The topological polar surface area (TPSA) is 96.6 Å². The van der Waals surface area contributed by atoms with Gasteiger partial charge >= 0.3 is 15.6 Å². The van der Waals surface area contributed by atoms with E-state index in [2.05, 4.69) is 4.18 Å². The third-order valence-electron chi connectivity index (χ3n) is 2.78. The minimum absolute atomic E-state index is 0.0193. The molecule has 6 nitrogen and oxygen atoms in total. The van der Waals surface area contributed by atoms with Gasteiger partial charge in [0.1, 0.15) is 17.1 Å². The van der Waals surface area contributed by atoms with Gasteiger partial charge < -0.3 is 18.5 Å². The highest BCUT2D eigenvalue weighted by molar-refractivity contribution is 7.88. The Balaban J connectivity index is 2.38. The SMILES string of the molecule is CC(C(=O)[O-])c1cc2cc(OS(=O)(=O)C(F)(F)F)ccc2o1. The zero-order chi connectivity index (χ0) is 16.7. The standard InChI is InChI=1S/C12H9F3O6S/c1-6(11(16)17)10-5-7-4-8(2-3-9(7)20-10)21-22(18,19)12(13,14)15/h2-6H,1H3,(H,16,17)/p-1. The number of carboxylic acid groups (broad SMARTS) is 1. The van der Waals surface area contributed by atoms with Crippen molar-refractivity contribution in [3.63, 3.8) is 0 Å². The fourth-order valence-corrected chi connectivity index (χ4v) is 2.05. The van der Waals surface area contributed by atoms with Gasteiger partial charge in [0.15, 0.2) is 0 Å². The van der Waals surface area contributed by atoms with Gasteiger partial charge in [0.05, 0.1) is 11.9 Å². The number of halogens is 3. The Bertz CT molecular complexity index is 821. The van der Waals surface area contributed by atoms with Crippen molar-refractivity contribution < 1.29 is 40.1 Å². The van der Waals surface area contributed by atoms with Crippen LogP contribution in [0.5, 0.6) is 5.75 Å². The second-order valence-corrected chi connectivity index (χ2v) is 5.91. The fourth-order valence-electron chi connectivity index (χ4n) is 1.60. The van der Waals surface area contributed by atoms with Crippen LogP contribution in [0.25, 0.3) is 11.0 Å². The molecule has 0 N–H and O–H groups in total. The maximum Gasteiger partial charge on any atom is 0.534 e. The molecule has 0 fully saturated rings. The number of carboxylic acids is 1. The zero-order valence-electron chi connectivity index (χ0n) is 10.9. The van der Waals surface area contributed by atoms with E-state index in [9.17, 15) is 31.5 Å². The number of furan rings is 1. The molecule has 1 unspecified atom stereocenters. The molecular formula is C12H8F3O6S-. The van der Waals surface area contributed by atoms with Crippen LogP contribution in [0.3, 0.4) is 0 Å². The average Bonchev–Trinajstić information content (AvgIpc) is 2.78. The second kappa shape index (κ2) is 5.20. The van der Waals surface area contributed by atoms with Gasteiger partial charge in [-0.25, -0.2) is 0 Å². The predicted octanol–water partition coefficient (Wildman–Crippen LogP) is 1.51. The molecule has 2 rings (SSSR count). The van der Waals surface area contributed by atoms with Crippen molar-refractivity contribution in [2.75, 3.05) is 0 Å². The summed E-state index contributed by atoms with van der Waals surface area (Å²) in [7, 11) is -5.78. The Morgan fingerprint density at radius 1 is 1.32 bits per heavy atom. The number of hydrogen-bond acceptors (Lipinski definition) is 6. The van der Waals surface area contributed by atoms with Crippen molar-refractivity contribution in [3.8, 4) is 5.75 Å². The second-order valence-electron chi connectivity index (χ2n) is 4.37. The number of aliphatic carboxylic acids is 1. The van der Waals surface area contributed by atoms with E-state index in [1.807, 2.05) is 0 Å².